The number of halogens is 1. The third-order valence-corrected chi connectivity index (χ3v) is 2.74. The smallest absolute Gasteiger partial charge is 0.116 e. The molecule has 1 atom stereocenters. The number of hydrogen-bond donors (Lipinski definition) is 0. The summed E-state index contributed by atoms with van der Waals surface area (Å²) < 4.78 is 5.43. The van der Waals surface area contributed by atoms with Gasteiger partial charge in [0.25, 0.3) is 0 Å². The van der Waals surface area contributed by atoms with Gasteiger partial charge in [-0.2, -0.15) is 0 Å². The summed E-state index contributed by atoms with van der Waals surface area (Å²) in [6.07, 6.45) is 9.79. The fraction of sp³-hybridized carbons (Fsp3) is 0.600. The molecule has 0 aliphatic carbocycles. The number of alkyl halides is 1. The maximum absolute atomic E-state index is 5.43. The van der Waals surface area contributed by atoms with Gasteiger partial charge >= 0.3 is 0 Å². The van der Waals surface area contributed by atoms with Gasteiger partial charge in [-0.25, -0.2) is 0 Å². The lowest BCUT2D eigenvalue weighted by Gasteiger charge is -2.16. The Labute approximate surface area is 82.6 Å². The Balaban J connectivity index is 2.46. The Kier molecular flexibility index (Phi) is 4.44. The molecule has 0 fully saturated rings. The van der Waals surface area contributed by atoms with E-state index in [1.807, 2.05) is 6.26 Å². The predicted molar refractivity (Wildman–Crippen MR) is 55.4 cm³/mol. The van der Waals surface area contributed by atoms with Crippen molar-refractivity contribution in [2.24, 2.45) is 0 Å². The average Bonchev–Trinajstić information content (AvgIpc) is 2.16. The van der Waals surface area contributed by atoms with Crippen molar-refractivity contribution in [3.63, 3.8) is 0 Å². The maximum Gasteiger partial charge on any atom is 0.116 e. The topological polar surface area (TPSA) is 9.23 Å². The molecule has 0 radical (unpaired) electrons. The Hall–Kier alpha value is -0.240. The standard InChI is InChI=1S/C10H15BrO/c1-2-9(8-11)7-10-5-3-4-6-12-10/h4,6-7,10H,2-3,5,8H2,1H3/b9-7+. The molecule has 0 bridgehead atoms. The predicted octanol–water partition coefficient (Wildman–Crippen LogP) is 3.41. The third-order valence-electron chi connectivity index (χ3n) is 2.01. The van der Waals surface area contributed by atoms with Crippen molar-refractivity contribution in [3.05, 3.63) is 24.0 Å². The van der Waals surface area contributed by atoms with Gasteiger partial charge in [0.1, 0.15) is 6.10 Å². The van der Waals surface area contributed by atoms with E-state index in [1.54, 1.807) is 0 Å². The molecule has 1 unspecified atom stereocenters. The largest absolute Gasteiger partial charge is 0.494 e. The third kappa shape index (κ3) is 3.02. The van der Waals surface area contributed by atoms with Gasteiger partial charge in [-0.1, -0.05) is 28.4 Å². The van der Waals surface area contributed by atoms with Gasteiger partial charge in [0.05, 0.1) is 6.26 Å². The van der Waals surface area contributed by atoms with Crippen LogP contribution in [-0.4, -0.2) is 11.4 Å². The molecular formula is C10H15BrO. The van der Waals surface area contributed by atoms with Crippen LogP contribution in [0.1, 0.15) is 26.2 Å². The lowest BCUT2D eigenvalue weighted by atomic mass is 10.1. The second kappa shape index (κ2) is 5.41. The fourth-order valence-corrected chi connectivity index (χ4v) is 1.78. The Morgan fingerprint density at radius 2 is 2.58 bits per heavy atom. The van der Waals surface area contributed by atoms with Gasteiger partial charge in [0.15, 0.2) is 0 Å². The molecule has 2 heteroatoms. The van der Waals surface area contributed by atoms with Crippen molar-refractivity contribution in [1.29, 1.82) is 0 Å². The van der Waals surface area contributed by atoms with Crippen LogP contribution in [0.4, 0.5) is 0 Å². The summed E-state index contributed by atoms with van der Waals surface area (Å²) in [5, 5.41) is 0.965. The van der Waals surface area contributed by atoms with E-state index in [9.17, 15) is 0 Å². The SMILES string of the molecule is CC/C(=C\C1CCC=CO1)CBr. The summed E-state index contributed by atoms with van der Waals surface area (Å²) in [6.45, 7) is 2.17. The molecule has 1 nitrogen and oxygen atoms in total. The molecule has 0 aromatic heterocycles. The van der Waals surface area contributed by atoms with E-state index < -0.39 is 0 Å². The van der Waals surface area contributed by atoms with Crippen LogP contribution in [0.2, 0.25) is 0 Å². The van der Waals surface area contributed by atoms with Crippen molar-refractivity contribution in [1.82, 2.24) is 0 Å². The molecule has 1 aliphatic heterocycles. The van der Waals surface area contributed by atoms with Crippen molar-refractivity contribution in [2.45, 2.75) is 32.3 Å². The zero-order valence-corrected chi connectivity index (χ0v) is 9.01. The first-order valence-corrected chi connectivity index (χ1v) is 5.55. The summed E-state index contributed by atoms with van der Waals surface area (Å²) in [5.41, 5.74) is 1.43. The highest BCUT2D eigenvalue weighted by atomic mass is 79.9. The summed E-state index contributed by atoms with van der Waals surface area (Å²) in [4.78, 5) is 0. The number of ether oxygens (including phenoxy) is 1. The summed E-state index contributed by atoms with van der Waals surface area (Å²) in [7, 11) is 0. The van der Waals surface area contributed by atoms with Gasteiger partial charge < -0.3 is 4.74 Å². The summed E-state index contributed by atoms with van der Waals surface area (Å²) in [6, 6.07) is 0. The highest BCUT2D eigenvalue weighted by Gasteiger charge is 2.07. The maximum atomic E-state index is 5.43. The van der Waals surface area contributed by atoms with Crippen LogP contribution in [-0.2, 0) is 4.74 Å². The fourth-order valence-electron chi connectivity index (χ4n) is 1.20. The number of hydrogen-bond acceptors (Lipinski definition) is 1. The van der Waals surface area contributed by atoms with E-state index >= 15 is 0 Å². The molecule has 1 aliphatic rings. The second-order valence-corrected chi connectivity index (χ2v) is 3.50. The quantitative estimate of drug-likeness (QED) is 0.534. The van der Waals surface area contributed by atoms with Crippen molar-refractivity contribution in [3.8, 4) is 0 Å². The molecule has 0 aromatic rings. The van der Waals surface area contributed by atoms with Gasteiger partial charge in [-0.05, 0) is 31.4 Å². The van der Waals surface area contributed by atoms with Crippen molar-refractivity contribution in [2.75, 3.05) is 5.33 Å². The zero-order valence-electron chi connectivity index (χ0n) is 7.42. The first kappa shape index (κ1) is 9.85. The minimum absolute atomic E-state index is 0.308. The van der Waals surface area contributed by atoms with Crippen LogP contribution < -0.4 is 0 Å². The molecule has 0 N–H and O–H groups in total. The summed E-state index contributed by atoms with van der Waals surface area (Å²) in [5.74, 6) is 0. The van der Waals surface area contributed by atoms with Crippen LogP contribution in [0.25, 0.3) is 0 Å². The van der Waals surface area contributed by atoms with E-state index in [1.165, 1.54) is 5.57 Å². The van der Waals surface area contributed by atoms with Gasteiger partial charge in [-0.3, -0.25) is 0 Å². The van der Waals surface area contributed by atoms with Crippen LogP contribution in [0.15, 0.2) is 24.0 Å². The van der Waals surface area contributed by atoms with E-state index in [4.69, 9.17) is 4.74 Å². The molecule has 1 heterocycles. The first-order valence-electron chi connectivity index (χ1n) is 4.42. The zero-order chi connectivity index (χ0) is 8.81. The molecular weight excluding hydrogens is 216 g/mol. The van der Waals surface area contributed by atoms with E-state index in [2.05, 4.69) is 35.0 Å². The Bertz CT molecular complexity index is 178. The van der Waals surface area contributed by atoms with Crippen LogP contribution in [0.5, 0.6) is 0 Å². The Morgan fingerprint density at radius 1 is 1.75 bits per heavy atom. The van der Waals surface area contributed by atoms with E-state index in [-0.39, 0.29) is 0 Å². The molecule has 68 valence electrons. The number of rotatable bonds is 3. The molecule has 1 rings (SSSR count). The van der Waals surface area contributed by atoms with E-state index in [0.29, 0.717) is 6.10 Å². The van der Waals surface area contributed by atoms with E-state index in [0.717, 1.165) is 24.6 Å². The minimum Gasteiger partial charge on any atom is -0.494 e. The Morgan fingerprint density at radius 3 is 3.08 bits per heavy atom. The monoisotopic (exact) mass is 230 g/mol. The lowest BCUT2D eigenvalue weighted by Crippen LogP contribution is -2.10. The highest BCUT2D eigenvalue weighted by molar-refractivity contribution is 9.09. The van der Waals surface area contributed by atoms with Gasteiger partial charge in [-0.15, -0.1) is 0 Å². The average molecular weight is 231 g/mol. The normalized spacial score (nSPS) is 23.8. The second-order valence-electron chi connectivity index (χ2n) is 2.94. The van der Waals surface area contributed by atoms with Gasteiger partial charge in [0.2, 0.25) is 0 Å². The van der Waals surface area contributed by atoms with Gasteiger partial charge in [0, 0.05) is 5.33 Å². The van der Waals surface area contributed by atoms with Crippen LogP contribution >= 0.6 is 15.9 Å². The van der Waals surface area contributed by atoms with Crippen LogP contribution in [0, 0.1) is 0 Å². The van der Waals surface area contributed by atoms with Crippen molar-refractivity contribution < 1.29 is 4.74 Å². The molecule has 0 amide bonds. The minimum atomic E-state index is 0.308. The number of allylic oxidation sites excluding steroid dienone is 2. The lowest BCUT2D eigenvalue weighted by molar-refractivity contribution is 0.164. The molecule has 0 aromatic carbocycles. The molecule has 0 spiro atoms. The molecule has 0 saturated carbocycles. The highest BCUT2D eigenvalue weighted by Crippen LogP contribution is 2.15. The molecule has 12 heavy (non-hydrogen) atoms. The first-order chi connectivity index (χ1) is 5.86. The molecule has 0 saturated heterocycles. The summed E-state index contributed by atoms with van der Waals surface area (Å²) >= 11 is 3.46. The van der Waals surface area contributed by atoms with Crippen molar-refractivity contribution >= 4 is 15.9 Å². The van der Waals surface area contributed by atoms with Crippen LogP contribution in [0.3, 0.4) is 0 Å².